The van der Waals surface area contributed by atoms with Gasteiger partial charge in [-0.15, -0.1) is 5.70 Å². The van der Waals surface area contributed by atoms with Gasteiger partial charge in [0.1, 0.15) is 0 Å². The molecule has 0 heterocycles. The molecule has 120 valence electrons. The van der Waals surface area contributed by atoms with E-state index in [1.54, 1.807) is 0 Å². The van der Waals surface area contributed by atoms with E-state index in [4.69, 9.17) is 0 Å². The highest BCUT2D eigenvalue weighted by atomic mass is 28.3. The van der Waals surface area contributed by atoms with Crippen LogP contribution in [0.25, 0.3) is 0 Å². The number of nitrogens with one attached hydrogen (secondary N) is 1. The predicted octanol–water partition coefficient (Wildman–Crippen LogP) is 4.69. The molecule has 0 amide bonds. The maximum Gasteiger partial charge on any atom is 0.0762 e. The molecule has 1 N–H and O–H groups in total. The van der Waals surface area contributed by atoms with Crippen LogP contribution in [0.5, 0.6) is 0 Å². The summed E-state index contributed by atoms with van der Waals surface area (Å²) in [4.78, 5) is 0. The molecule has 0 aromatic carbocycles. The zero-order valence-corrected chi connectivity index (χ0v) is 17.8. The Morgan fingerprint density at radius 2 is 1.50 bits per heavy atom. The van der Waals surface area contributed by atoms with Gasteiger partial charge < -0.3 is 5.32 Å². The summed E-state index contributed by atoms with van der Waals surface area (Å²) >= 11 is 0. The molecule has 20 heavy (non-hydrogen) atoms. The maximum absolute atomic E-state index is 3.82. The van der Waals surface area contributed by atoms with Crippen LogP contribution in [0.4, 0.5) is 0 Å². The van der Waals surface area contributed by atoms with Crippen LogP contribution in [-0.4, -0.2) is 30.3 Å². The topological polar surface area (TPSA) is 12.0 Å². The van der Waals surface area contributed by atoms with Gasteiger partial charge in [0.15, 0.2) is 0 Å². The molecular formula is C17H39NSi2. The van der Waals surface area contributed by atoms with Crippen LogP contribution in [0.15, 0.2) is 11.3 Å². The average Bonchev–Trinajstić information content (AvgIpc) is 2.30. The molecule has 0 aromatic rings. The summed E-state index contributed by atoms with van der Waals surface area (Å²) in [6, 6.07) is 1.46. The quantitative estimate of drug-likeness (QED) is 0.455. The van der Waals surface area contributed by atoms with E-state index in [-0.39, 0.29) is 9.52 Å². The molecule has 0 radical (unpaired) electrons. The molecule has 0 fully saturated rings. The highest BCUT2D eigenvalue weighted by Gasteiger charge is 2.41. The van der Waals surface area contributed by atoms with Gasteiger partial charge >= 0.3 is 0 Å². The summed E-state index contributed by atoms with van der Waals surface area (Å²) in [5, 5.41) is 3.82. The largest absolute Gasteiger partial charge is 0.319 e. The van der Waals surface area contributed by atoms with E-state index < -0.39 is 8.07 Å². The molecule has 3 heteroatoms. The van der Waals surface area contributed by atoms with E-state index in [1.807, 2.05) is 0 Å². The van der Waals surface area contributed by atoms with E-state index in [1.165, 1.54) is 30.8 Å². The van der Waals surface area contributed by atoms with E-state index >= 15 is 0 Å². The van der Waals surface area contributed by atoms with Crippen molar-refractivity contribution in [3.63, 3.8) is 0 Å². The molecular weight excluding hydrogens is 274 g/mol. The van der Waals surface area contributed by atoms with Crippen molar-refractivity contribution >= 4 is 17.6 Å². The van der Waals surface area contributed by atoms with Crippen LogP contribution in [0, 0.1) is 0 Å². The standard InChI is InChI=1S/C17H39NSi2/c1-14(2)12-19-11-9-10-18-13-20(15(3)4,16(5)6)17(7)8/h12,15-18H,9-11,13,19H2,1-8H3. The van der Waals surface area contributed by atoms with Crippen LogP contribution in [-0.2, 0) is 0 Å². The van der Waals surface area contributed by atoms with Gasteiger partial charge in [0, 0.05) is 9.52 Å². The zero-order valence-electron chi connectivity index (χ0n) is 15.3. The van der Waals surface area contributed by atoms with Crippen LogP contribution in [0.1, 0.15) is 61.8 Å². The lowest BCUT2D eigenvalue weighted by atomic mass is 10.4. The van der Waals surface area contributed by atoms with Crippen LogP contribution < -0.4 is 5.32 Å². The number of allylic oxidation sites excluding steroid dienone is 1. The lowest BCUT2D eigenvalue weighted by molar-refractivity contribution is 0.696. The minimum atomic E-state index is -1.23. The monoisotopic (exact) mass is 313 g/mol. The minimum Gasteiger partial charge on any atom is -0.319 e. The molecule has 0 saturated heterocycles. The Bertz CT molecular complexity index is 257. The summed E-state index contributed by atoms with van der Waals surface area (Å²) in [6.07, 6.45) is 2.68. The molecule has 0 rings (SSSR count). The van der Waals surface area contributed by atoms with Gasteiger partial charge in [-0.3, -0.25) is 0 Å². The number of hydrogen-bond donors (Lipinski definition) is 1. The van der Waals surface area contributed by atoms with E-state index in [0.29, 0.717) is 0 Å². The lowest BCUT2D eigenvalue weighted by Crippen LogP contribution is -2.53. The molecule has 0 atom stereocenters. The van der Waals surface area contributed by atoms with Gasteiger partial charge in [0.05, 0.1) is 8.07 Å². The van der Waals surface area contributed by atoms with Crippen LogP contribution in [0.3, 0.4) is 0 Å². The van der Waals surface area contributed by atoms with Crippen molar-refractivity contribution in [2.24, 2.45) is 0 Å². The summed E-state index contributed by atoms with van der Waals surface area (Å²) in [5.74, 6) is 0. The summed E-state index contributed by atoms with van der Waals surface area (Å²) in [5.41, 5.74) is 6.62. The summed E-state index contributed by atoms with van der Waals surface area (Å²) in [7, 11) is -1.16. The van der Waals surface area contributed by atoms with E-state index in [2.05, 4.69) is 66.4 Å². The average molecular weight is 314 g/mol. The highest BCUT2D eigenvalue weighted by Crippen LogP contribution is 2.40. The van der Waals surface area contributed by atoms with Crippen molar-refractivity contribution in [1.29, 1.82) is 0 Å². The second kappa shape index (κ2) is 9.96. The van der Waals surface area contributed by atoms with Gasteiger partial charge in [-0.1, -0.05) is 53.2 Å². The minimum absolute atomic E-state index is 0.0641. The first-order chi connectivity index (χ1) is 9.25. The van der Waals surface area contributed by atoms with Crippen molar-refractivity contribution < 1.29 is 0 Å². The third-order valence-electron chi connectivity index (χ3n) is 5.02. The Hall–Kier alpha value is 0.134. The van der Waals surface area contributed by atoms with Gasteiger partial charge in [-0.25, -0.2) is 0 Å². The molecule has 0 aliphatic rings. The number of rotatable bonds is 10. The fourth-order valence-electron chi connectivity index (χ4n) is 3.70. The van der Waals surface area contributed by atoms with Gasteiger partial charge in [-0.2, -0.15) is 0 Å². The van der Waals surface area contributed by atoms with Gasteiger partial charge in [-0.05, 0) is 49.6 Å². The highest BCUT2D eigenvalue weighted by molar-refractivity contribution is 6.83. The second-order valence-corrected chi connectivity index (χ2v) is 15.3. The van der Waals surface area contributed by atoms with Crippen molar-refractivity contribution in [2.75, 3.05) is 12.7 Å². The molecule has 0 aliphatic heterocycles. The summed E-state index contributed by atoms with van der Waals surface area (Å²) < 4.78 is 0. The third-order valence-corrected chi connectivity index (χ3v) is 14.3. The molecule has 0 saturated carbocycles. The molecule has 0 spiro atoms. The zero-order chi connectivity index (χ0) is 15.8. The van der Waals surface area contributed by atoms with Crippen LogP contribution in [0.2, 0.25) is 22.7 Å². The fourth-order valence-corrected chi connectivity index (χ4v) is 10.9. The fraction of sp³-hybridized carbons (Fsp3) is 0.882. The van der Waals surface area contributed by atoms with Crippen molar-refractivity contribution in [3.8, 4) is 0 Å². The summed E-state index contributed by atoms with van der Waals surface area (Å²) in [6.45, 7) is 20.4. The van der Waals surface area contributed by atoms with Crippen molar-refractivity contribution in [3.05, 3.63) is 11.3 Å². The van der Waals surface area contributed by atoms with Gasteiger partial charge in [0.25, 0.3) is 0 Å². The van der Waals surface area contributed by atoms with Crippen molar-refractivity contribution in [2.45, 2.75) is 84.5 Å². The van der Waals surface area contributed by atoms with E-state index in [9.17, 15) is 0 Å². The Morgan fingerprint density at radius 1 is 1.00 bits per heavy atom. The maximum atomic E-state index is 3.82. The Morgan fingerprint density at radius 3 is 1.90 bits per heavy atom. The molecule has 1 nitrogen and oxygen atoms in total. The molecule has 0 unspecified atom stereocenters. The van der Waals surface area contributed by atoms with Crippen LogP contribution >= 0.6 is 0 Å². The third kappa shape index (κ3) is 6.27. The van der Waals surface area contributed by atoms with E-state index in [0.717, 1.165) is 16.6 Å². The second-order valence-electron chi connectivity index (χ2n) is 7.53. The SMILES string of the molecule is CC(C)=C[SiH2]CCCNC[Si](C(C)C)(C(C)C)C(C)C. The smallest absolute Gasteiger partial charge is 0.0762 e. The first-order valence-corrected chi connectivity index (χ1v) is 12.8. The van der Waals surface area contributed by atoms with Gasteiger partial charge in [0.2, 0.25) is 0 Å². The first-order valence-electron chi connectivity index (χ1n) is 8.59. The lowest BCUT2D eigenvalue weighted by Gasteiger charge is -2.43. The Balaban J connectivity index is 4.20. The molecule has 0 aromatic heterocycles. The Kier molecular flexibility index (Phi) is 10.0. The normalized spacial score (nSPS) is 13.2. The number of hydrogen-bond acceptors (Lipinski definition) is 1. The Labute approximate surface area is 131 Å². The first kappa shape index (κ1) is 20.1. The van der Waals surface area contributed by atoms with Crippen molar-refractivity contribution in [1.82, 2.24) is 5.32 Å². The molecule has 0 aliphatic carbocycles. The molecule has 0 bridgehead atoms. The predicted molar refractivity (Wildman–Crippen MR) is 101 cm³/mol.